The summed E-state index contributed by atoms with van der Waals surface area (Å²) in [6.45, 7) is 2.86. The number of carbonyl (C=O) groups is 1. The fourth-order valence-corrected chi connectivity index (χ4v) is 4.45. The van der Waals surface area contributed by atoms with Gasteiger partial charge in [-0.15, -0.1) is 11.3 Å². The maximum atomic E-state index is 13.1. The van der Waals surface area contributed by atoms with E-state index in [1.165, 1.54) is 10.4 Å². The topological polar surface area (TPSA) is 42.7 Å². The normalized spacial score (nSPS) is 17.1. The maximum absolute atomic E-state index is 13.1. The molecule has 0 radical (unpaired) electrons. The molecule has 1 aromatic carbocycles. The third-order valence-electron chi connectivity index (χ3n) is 4.68. The highest BCUT2D eigenvalue weighted by molar-refractivity contribution is 7.10. The Hall–Kier alpha value is -2.27. The third-order valence-corrected chi connectivity index (χ3v) is 5.68. The van der Waals surface area contributed by atoms with Gasteiger partial charge in [-0.3, -0.25) is 4.79 Å². The van der Waals surface area contributed by atoms with E-state index >= 15 is 0 Å². The van der Waals surface area contributed by atoms with Crippen molar-refractivity contribution in [2.75, 3.05) is 13.7 Å². The summed E-state index contributed by atoms with van der Waals surface area (Å²) in [5.41, 5.74) is 1.92. The minimum absolute atomic E-state index is 0.0445. The fourth-order valence-electron chi connectivity index (χ4n) is 3.52. The van der Waals surface area contributed by atoms with Gasteiger partial charge in [-0.1, -0.05) is 19.1 Å². The number of methoxy groups -OCH3 is 1. The first kappa shape index (κ1) is 15.3. The second-order valence-corrected chi connectivity index (χ2v) is 6.96. The molecule has 1 amide bonds. The Bertz CT molecular complexity index is 895. The number of hydrogen-bond donors (Lipinski definition) is 0. The number of fused-ring (bicyclic) bond motifs is 2. The molecule has 0 fully saturated rings. The molecule has 3 heterocycles. The van der Waals surface area contributed by atoms with Gasteiger partial charge < -0.3 is 14.1 Å². The molecular weight excluding hydrogens is 322 g/mol. The molecule has 1 atom stereocenters. The van der Waals surface area contributed by atoms with Gasteiger partial charge in [0.2, 0.25) is 0 Å². The van der Waals surface area contributed by atoms with E-state index in [0.717, 1.165) is 24.8 Å². The molecule has 1 aliphatic rings. The van der Waals surface area contributed by atoms with Crippen molar-refractivity contribution in [3.63, 3.8) is 0 Å². The average Bonchev–Trinajstić information content (AvgIpc) is 3.26. The van der Waals surface area contributed by atoms with E-state index < -0.39 is 0 Å². The molecular formula is C19H19NO3S. The van der Waals surface area contributed by atoms with E-state index in [0.29, 0.717) is 17.1 Å². The molecule has 4 rings (SSSR count). The van der Waals surface area contributed by atoms with Crippen LogP contribution in [0.15, 0.2) is 40.1 Å². The number of benzene rings is 1. The van der Waals surface area contributed by atoms with Crippen LogP contribution in [0.2, 0.25) is 0 Å². The molecule has 0 spiro atoms. The zero-order valence-corrected chi connectivity index (χ0v) is 14.6. The van der Waals surface area contributed by atoms with Gasteiger partial charge in [0.1, 0.15) is 0 Å². The lowest BCUT2D eigenvalue weighted by molar-refractivity contribution is 0.0627. The van der Waals surface area contributed by atoms with Crippen molar-refractivity contribution >= 4 is 28.2 Å². The summed E-state index contributed by atoms with van der Waals surface area (Å²) in [5, 5.41) is 3.01. The largest absolute Gasteiger partial charge is 0.493 e. The van der Waals surface area contributed by atoms with Gasteiger partial charge in [0.15, 0.2) is 17.1 Å². The molecule has 0 saturated heterocycles. The SMILES string of the molecule is CCC1c2ccsc2CCN1C(=O)c1cc2cccc(OC)c2o1. The van der Waals surface area contributed by atoms with Crippen LogP contribution in [0.3, 0.4) is 0 Å². The molecule has 2 aromatic heterocycles. The summed E-state index contributed by atoms with van der Waals surface area (Å²) in [7, 11) is 1.61. The molecule has 0 bridgehead atoms. The molecule has 124 valence electrons. The smallest absolute Gasteiger partial charge is 0.290 e. The molecule has 0 aliphatic carbocycles. The van der Waals surface area contributed by atoms with Gasteiger partial charge in [0, 0.05) is 16.8 Å². The Morgan fingerprint density at radius 2 is 2.29 bits per heavy atom. The average molecular weight is 341 g/mol. The van der Waals surface area contributed by atoms with Crippen molar-refractivity contribution in [2.24, 2.45) is 0 Å². The van der Waals surface area contributed by atoms with Gasteiger partial charge in [-0.05, 0) is 42.0 Å². The van der Waals surface area contributed by atoms with Crippen LogP contribution in [0.5, 0.6) is 5.75 Å². The van der Waals surface area contributed by atoms with Crippen LogP contribution in [-0.2, 0) is 6.42 Å². The first-order chi connectivity index (χ1) is 11.7. The lowest BCUT2D eigenvalue weighted by Gasteiger charge is -2.34. The summed E-state index contributed by atoms with van der Waals surface area (Å²) in [4.78, 5) is 16.4. The van der Waals surface area contributed by atoms with Crippen molar-refractivity contribution < 1.29 is 13.9 Å². The first-order valence-electron chi connectivity index (χ1n) is 8.16. The monoisotopic (exact) mass is 341 g/mol. The molecule has 0 N–H and O–H groups in total. The Labute approximate surface area is 144 Å². The van der Waals surface area contributed by atoms with Gasteiger partial charge >= 0.3 is 0 Å². The predicted octanol–water partition coefficient (Wildman–Crippen LogP) is 4.65. The van der Waals surface area contributed by atoms with Crippen molar-refractivity contribution in [3.8, 4) is 5.75 Å². The molecule has 1 aliphatic heterocycles. The Kier molecular flexibility index (Phi) is 3.81. The number of rotatable bonds is 3. The van der Waals surface area contributed by atoms with Gasteiger partial charge in [-0.25, -0.2) is 0 Å². The molecule has 24 heavy (non-hydrogen) atoms. The van der Waals surface area contributed by atoms with E-state index in [9.17, 15) is 4.79 Å². The van der Waals surface area contributed by atoms with Crippen molar-refractivity contribution in [1.82, 2.24) is 4.90 Å². The highest BCUT2D eigenvalue weighted by Gasteiger charge is 2.32. The zero-order valence-electron chi connectivity index (χ0n) is 13.7. The standard InChI is InChI=1S/C19H19NO3S/c1-3-14-13-8-10-24-17(13)7-9-20(14)19(21)16-11-12-5-4-6-15(22-2)18(12)23-16/h4-6,8,10-11,14H,3,7,9H2,1-2H3. The van der Waals surface area contributed by atoms with Crippen molar-refractivity contribution in [2.45, 2.75) is 25.8 Å². The molecule has 0 saturated carbocycles. The Morgan fingerprint density at radius 3 is 3.08 bits per heavy atom. The predicted molar refractivity (Wildman–Crippen MR) is 94.9 cm³/mol. The van der Waals surface area contributed by atoms with Crippen LogP contribution in [0, 0.1) is 0 Å². The lowest BCUT2D eigenvalue weighted by atomic mass is 9.97. The number of amides is 1. The van der Waals surface area contributed by atoms with Crippen molar-refractivity contribution in [3.05, 3.63) is 51.9 Å². The molecule has 5 heteroatoms. The molecule has 1 unspecified atom stereocenters. The number of para-hydroxylation sites is 1. The lowest BCUT2D eigenvalue weighted by Crippen LogP contribution is -2.39. The van der Waals surface area contributed by atoms with Crippen LogP contribution in [-0.4, -0.2) is 24.5 Å². The minimum Gasteiger partial charge on any atom is -0.493 e. The summed E-state index contributed by atoms with van der Waals surface area (Å²) in [6, 6.07) is 9.77. The maximum Gasteiger partial charge on any atom is 0.290 e. The highest BCUT2D eigenvalue weighted by atomic mass is 32.1. The van der Waals surface area contributed by atoms with Gasteiger partial charge in [0.25, 0.3) is 5.91 Å². The number of carbonyl (C=O) groups excluding carboxylic acids is 1. The second kappa shape index (κ2) is 5.98. The zero-order chi connectivity index (χ0) is 16.7. The number of ether oxygens (including phenoxy) is 1. The van der Waals surface area contributed by atoms with Crippen LogP contribution < -0.4 is 4.74 Å². The van der Waals surface area contributed by atoms with Gasteiger partial charge in [-0.2, -0.15) is 0 Å². The number of hydrogen-bond acceptors (Lipinski definition) is 4. The Balaban J connectivity index is 1.71. The van der Waals surface area contributed by atoms with Crippen LogP contribution >= 0.6 is 11.3 Å². The summed E-state index contributed by atoms with van der Waals surface area (Å²) in [5.74, 6) is 0.987. The molecule has 3 aromatic rings. The van der Waals surface area contributed by atoms with Crippen molar-refractivity contribution in [1.29, 1.82) is 0 Å². The minimum atomic E-state index is -0.0445. The van der Waals surface area contributed by atoms with E-state index in [-0.39, 0.29) is 11.9 Å². The summed E-state index contributed by atoms with van der Waals surface area (Å²) in [6.07, 6.45) is 1.82. The number of thiophene rings is 1. The highest BCUT2D eigenvalue weighted by Crippen LogP contribution is 2.37. The fraction of sp³-hybridized carbons (Fsp3) is 0.316. The van der Waals surface area contributed by atoms with Crippen LogP contribution in [0.25, 0.3) is 11.0 Å². The van der Waals surface area contributed by atoms with E-state index in [2.05, 4.69) is 18.4 Å². The number of nitrogens with zero attached hydrogens (tertiary/aromatic N) is 1. The quantitative estimate of drug-likeness (QED) is 0.696. The molecule has 4 nitrogen and oxygen atoms in total. The third kappa shape index (κ3) is 2.31. The van der Waals surface area contributed by atoms with E-state index in [1.54, 1.807) is 18.4 Å². The summed E-state index contributed by atoms with van der Waals surface area (Å²) >= 11 is 1.78. The Morgan fingerprint density at radius 1 is 1.42 bits per heavy atom. The van der Waals surface area contributed by atoms with E-state index in [4.69, 9.17) is 9.15 Å². The van der Waals surface area contributed by atoms with Gasteiger partial charge in [0.05, 0.1) is 13.2 Å². The van der Waals surface area contributed by atoms with E-state index in [1.807, 2.05) is 29.2 Å². The first-order valence-corrected chi connectivity index (χ1v) is 9.04. The summed E-state index contributed by atoms with van der Waals surface area (Å²) < 4.78 is 11.2. The second-order valence-electron chi connectivity index (χ2n) is 5.96. The van der Waals surface area contributed by atoms with Crippen LogP contribution in [0.1, 0.15) is 40.4 Å². The number of furan rings is 1. The van der Waals surface area contributed by atoms with Crippen LogP contribution in [0.4, 0.5) is 0 Å².